The summed E-state index contributed by atoms with van der Waals surface area (Å²) in [6.45, 7) is 0.0737. The first-order chi connectivity index (χ1) is 6.24. The normalized spacial score (nSPS) is 11.0. The predicted molar refractivity (Wildman–Crippen MR) is 65.5 cm³/mol. The van der Waals surface area contributed by atoms with Gasteiger partial charge in [-0.25, -0.2) is 0 Å². The Labute approximate surface area is 98.5 Å². The minimum Gasteiger partial charge on any atom is -0.392 e. The van der Waals surface area contributed by atoms with Crippen molar-refractivity contribution in [2.24, 2.45) is 0 Å². The van der Waals surface area contributed by atoms with E-state index < -0.39 is 0 Å². The van der Waals surface area contributed by atoms with Crippen LogP contribution in [-0.2, 0) is 6.61 Å². The summed E-state index contributed by atoms with van der Waals surface area (Å²) in [7, 11) is 0. The largest absolute Gasteiger partial charge is 0.392 e. The average Bonchev–Trinajstić information content (AvgIpc) is 2.43. The molecule has 2 rings (SSSR count). The van der Waals surface area contributed by atoms with E-state index in [1.165, 1.54) is 0 Å². The van der Waals surface area contributed by atoms with E-state index in [2.05, 4.69) is 22.6 Å². The van der Waals surface area contributed by atoms with Gasteiger partial charge in [-0.15, -0.1) is 11.3 Å². The molecule has 2 aromatic rings. The lowest BCUT2D eigenvalue weighted by molar-refractivity contribution is 0.283. The van der Waals surface area contributed by atoms with E-state index in [-0.39, 0.29) is 6.61 Å². The number of aliphatic hydroxyl groups is 1. The van der Waals surface area contributed by atoms with Gasteiger partial charge in [0.2, 0.25) is 0 Å². The van der Waals surface area contributed by atoms with Crippen molar-refractivity contribution in [3.63, 3.8) is 0 Å². The van der Waals surface area contributed by atoms with E-state index in [4.69, 9.17) is 16.7 Å². The van der Waals surface area contributed by atoms with Gasteiger partial charge >= 0.3 is 0 Å². The Morgan fingerprint density at radius 3 is 2.92 bits per heavy atom. The standard InChI is InChI=1S/C9H6ClIOS/c10-7-6-3-1-2-5(4-12)8(6)13-9(7)11/h1-3,12H,4H2. The zero-order chi connectivity index (χ0) is 9.42. The van der Waals surface area contributed by atoms with E-state index >= 15 is 0 Å². The number of thiophene rings is 1. The van der Waals surface area contributed by atoms with Gasteiger partial charge in [-0.1, -0.05) is 29.8 Å². The van der Waals surface area contributed by atoms with Crippen molar-refractivity contribution in [2.45, 2.75) is 6.61 Å². The lowest BCUT2D eigenvalue weighted by Gasteiger charge is -1.96. The second kappa shape index (κ2) is 3.73. The fourth-order valence-corrected chi connectivity index (χ4v) is 3.45. The van der Waals surface area contributed by atoms with Crippen LogP contribution in [0, 0.1) is 2.88 Å². The van der Waals surface area contributed by atoms with Gasteiger partial charge in [0.15, 0.2) is 0 Å². The quantitative estimate of drug-likeness (QED) is 0.794. The Hall–Kier alpha value is 0.160. The van der Waals surface area contributed by atoms with E-state index in [0.29, 0.717) is 0 Å². The van der Waals surface area contributed by atoms with Crippen LogP contribution in [0.4, 0.5) is 0 Å². The van der Waals surface area contributed by atoms with Crippen LogP contribution in [0.15, 0.2) is 18.2 Å². The molecule has 0 bridgehead atoms. The summed E-state index contributed by atoms with van der Waals surface area (Å²) in [6, 6.07) is 5.82. The van der Waals surface area contributed by atoms with Gasteiger partial charge in [0, 0.05) is 10.1 Å². The van der Waals surface area contributed by atoms with Crippen molar-refractivity contribution < 1.29 is 5.11 Å². The molecule has 0 atom stereocenters. The first-order valence-electron chi connectivity index (χ1n) is 3.70. The molecule has 0 radical (unpaired) electrons. The van der Waals surface area contributed by atoms with Gasteiger partial charge in [0.05, 0.1) is 14.5 Å². The number of benzene rings is 1. The summed E-state index contributed by atoms with van der Waals surface area (Å²) in [5, 5.41) is 10.9. The Morgan fingerprint density at radius 2 is 2.23 bits per heavy atom. The molecule has 0 saturated heterocycles. The van der Waals surface area contributed by atoms with Crippen LogP contribution in [0.2, 0.25) is 5.02 Å². The Balaban J connectivity index is 2.84. The van der Waals surface area contributed by atoms with Crippen molar-refractivity contribution in [1.82, 2.24) is 0 Å². The van der Waals surface area contributed by atoms with Gasteiger partial charge < -0.3 is 5.11 Å². The van der Waals surface area contributed by atoms with Gasteiger partial charge in [-0.2, -0.15) is 0 Å². The Morgan fingerprint density at radius 1 is 1.46 bits per heavy atom. The Kier molecular flexibility index (Phi) is 2.78. The molecule has 0 saturated carbocycles. The van der Waals surface area contributed by atoms with Crippen molar-refractivity contribution >= 4 is 55.6 Å². The highest BCUT2D eigenvalue weighted by Crippen LogP contribution is 2.37. The maximum atomic E-state index is 9.10. The second-order valence-electron chi connectivity index (χ2n) is 2.64. The molecule has 0 amide bonds. The minimum atomic E-state index is 0.0737. The first-order valence-corrected chi connectivity index (χ1v) is 5.97. The molecule has 68 valence electrons. The number of fused-ring (bicyclic) bond motifs is 1. The van der Waals surface area contributed by atoms with Gasteiger partial charge in [-0.3, -0.25) is 0 Å². The molecule has 1 aromatic carbocycles. The third-order valence-electron chi connectivity index (χ3n) is 1.87. The second-order valence-corrected chi connectivity index (χ2v) is 5.85. The minimum absolute atomic E-state index is 0.0737. The molecule has 0 aliphatic heterocycles. The zero-order valence-electron chi connectivity index (χ0n) is 6.55. The monoisotopic (exact) mass is 324 g/mol. The number of hydrogen-bond donors (Lipinski definition) is 1. The first kappa shape index (κ1) is 9.71. The summed E-state index contributed by atoms with van der Waals surface area (Å²) < 4.78 is 2.18. The molecule has 0 aliphatic rings. The van der Waals surface area contributed by atoms with Crippen LogP contribution in [0.3, 0.4) is 0 Å². The van der Waals surface area contributed by atoms with Crippen molar-refractivity contribution in [1.29, 1.82) is 0 Å². The van der Waals surface area contributed by atoms with Gasteiger partial charge in [-0.05, 0) is 28.2 Å². The fourth-order valence-electron chi connectivity index (χ4n) is 1.24. The summed E-state index contributed by atoms with van der Waals surface area (Å²) >= 11 is 9.93. The maximum absolute atomic E-state index is 9.10. The van der Waals surface area contributed by atoms with E-state index in [9.17, 15) is 0 Å². The van der Waals surface area contributed by atoms with Crippen molar-refractivity contribution in [3.05, 3.63) is 31.7 Å². The molecular formula is C9H6ClIOS. The molecule has 13 heavy (non-hydrogen) atoms. The van der Waals surface area contributed by atoms with Crippen LogP contribution in [0.1, 0.15) is 5.56 Å². The summed E-state index contributed by atoms with van der Waals surface area (Å²) in [6.07, 6.45) is 0. The zero-order valence-corrected chi connectivity index (χ0v) is 10.3. The van der Waals surface area contributed by atoms with E-state index in [0.717, 1.165) is 23.6 Å². The number of hydrogen-bond acceptors (Lipinski definition) is 2. The highest BCUT2D eigenvalue weighted by atomic mass is 127. The molecule has 1 N–H and O–H groups in total. The van der Waals surface area contributed by atoms with Crippen LogP contribution in [-0.4, -0.2) is 5.11 Å². The van der Waals surface area contributed by atoms with E-state index in [1.54, 1.807) is 11.3 Å². The molecule has 0 aliphatic carbocycles. The average molecular weight is 325 g/mol. The van der Waals surface area contributed by atoms with Gasteiger partial charge in [0.25, 0.3) is 0 Å². The Bertz CT molecular complexity index is 452. The van der Waals surface area contributed by atoms with E-state index in [1.807, 2.05) is 18.2 Å². The fraction of sp³-hybridized carbons (Fsp3) is 0.111. The molecule has 0 fully saturated rings. The third-order valence-corrected chi connectivity index (χ3v) is 4.96. The van der Waals surface area contributed by atoms with Crippen LogP contribution < -0.4 is 0 Å². The molecule has 0 unspecified atom stereocenters. The smallest absolute Gasteiger partial charge is 0.0852 e. The summed E-state index contributed by atoms with van der Waals surface area (Å²) in [5.41, 5.74) is 0.951. The molecule has 1 aromatic heterocycles. The topological polar surface area (TPSA) is 20.2 Å². The summed E-state index contributed by atoms with van der Waals surface area (Å²) in [5.74, 6) is 0. The number of rotatable bonds is 1. The molecule has 1 heterocycles. The molecule has 0 spiro atoms. The lowest BCUT2D eigenvalue weighted by Crippen LogP contribution is -1.80. The number of halogens is 2. The van der Waals surface area contributed by atoms with Crippen molar-refractivity contribution in [2.75, 3.05) is 0 Å². The lowest BCUT2D eigenvalue weighted by atomic mass is 10.2. The van der Waals surface area contributed by atoms with Crippen LogP contribution in [0.25, 0.3) is 10.1 Å². The highest BCUT2D eigenvalue weighted by molar-refractivity contribution is 14.1. The molecule has 1 nitrogen and oxygen atoms in total. The predicted octanol–water partition coefficient (Wildman–Crippen LogP) is 3.65. The highest BCUT2D eigenvalue weighted by Gasteiger charge is 2.09. The van der Waals surface area contributed by atoms with Crippen LogP contribution in [0.5, 0.6) is 0 Å². The summed E-state index contributed by atoms with van der Waals surface area (Å²) in [4.78, 5) is 0. The number of aliphatic hydroxyl groups excluding tert-OH is 1. The van der Waals surface area contributed by atoms with Crippen molar-refractivity contribution in [3.8, 4) is 0 Å². The van der Waals surface area contributed by atoms with Crippen LogP contribution >= 0.6 is 45.5 Å². The SMILES string of the molecule is OCc1cccc2c(Cl)c(I)sc12. The maximum Gasteiger partial charge on any atom is 0.0852 e. The molecular weight excluding hydrogens is 319 g/mol. The molecule has 4 heteroatoms. The third kappa shape index (κ3) is 1.58. The van der Waals surface area contributed by atoms with Gasteiger partial charge in [0.1, 0.15) is 0 Å².